The predicted octanol–water partition coefficient (Wildman–Crippen LogP) is 7.90. The molecule has 0 saturated heterocycles. The second-order valence-electron chi connectivity index (χ2n) is 9.60. The van der Waals surface area contributed by atoms with Crippen LogP contribution in [0.25, 0.3) is 0 Å². The van der Waals surface area contributed by atoms with Gasteiger partial charge in [0.15, 0.2) is 0 Å². The van der Waals surface area contributed by atoms with Crippen LogP contribution in [-0.4, -0.2) is 5.97 Å². The Morgan fingerprint density at radius 3 is 2.19 bits per heavy atom. The molecule has 0 bridgehead atoms. The summed E-state index contributed by atoms with van der Waals surface area (Å²) >= 11 is 0. The van der Waals surface area contributed by atoms with Crippen LogP contribution in [0.2, 0.25) is 0 Å². The number of anilines is 1. The van der Waals surface area contributed by atoms with E-state index in [1.807, 2.05) is 0 Å². The van der Waals surface area contributed by atoms with Crippen LogP contribution < -0.4 is 5.73 Å². The van der Waals surface area contributed by atoms with Crippen LogP contribution in [0.5, 0.6) is 0 Å². The summed E-state index contributed by atoms with van der Waals surface area (Å²) in [6.45, 7) is 9.65. The van der Waals surface area contributed by atoms with Crippen molar-refractivity contribution in [2.24, 2.45) is 5.41 Å². The van der Waals surface area contributed by atoms with Crippen LogP contribution in [0.1, 0.15) is 106 Å². The predicted molar refractivity (Wildman–Crippen MR) is 131 cm³/mol. The third kappa shape index (κ3) is 8.77. The molecule has 2 rings (SSSR count). The number of benzene rings is 2. The van der Waals surface area contributed by atoms with Gasteiger partial charge in [-0.2, -0.15) is 0 Å². The number of unbranched alkanes of at least 4 members (excludes halogenated alkanes) is 3. The lowest BCUT2D eigenvalue weighted by atomic mass is 9.75. The van der Waals surface area contributed by atoms with E-state index in [-0.39, 0.29) is 12.6 Å². The minimum atomic E-state index is -0.320. The third-order valence-corrected chi connectivity index (χ3v) is 6.13. The Hall–Kier alpha value is -2.29. The van der Waals surface area contributed by atoms with Crippen LogP contribution in [0.15, 0.2) is 48.5 Å². The number of hydrogen-bond donors (Lipinski definition) is 1. The van der Waals surface area contributed by atoms with Gasteiger partial charge in [0.1, 0.15) is 6.61 Å². The van der Waals surface area contributed by atoms with E-state index in [9.17, 15) is 4.79 Å². The van der Waals surface area contributed by atoms with Gasteiger partial charge in [-0.05, 0) is 66.0 Å². The number of hydrogen-bond acceptors (Lipinski definition) is 3. The average molecular weight is 424 g/mol. The fourth-order valence-electron chi connectivity index (χ4n) is 4.19. The minimum absolute atomic E-state index is 0.284. The number of ether oxygens (including phenoxy) is 1. The summed E-state index contributed by atoms with van der Waals surface area (Å²) in [5, 5.41) is 0. The van der Waals surface area contributed by atoms with Gasteiger partial charge in [0.2, 0.25) is 0 Å². The van der Waals surface area contributed by atoms with Gasteiger partial charge in [0, 0.05) is 5.69 Å². The number of nitrogen functional groups attached to an aromatic ring is 1. The minimum Gasteiger partial charge on any atom is -0.457 e. The van der Waals surface area contributed by atoms with Gasteiger partial charge in [-0.3, -0.25) is 0 Å². The van der Waals surface area contributed by atoms with Crippen LogP contribution in [0.4, 0.5) is 5.69 Å². The molecule has 0 fully saturated rings. The smallest absolute Gasteiger partial charge is 0.338 e. The van der Waals surface area contributed by atoms with Crippen molar-refractivity contribution in [2.75, 3.05) is 5.73 Å². The standard InChI is InChI=1S/C28H41NO2/c1-5-7-9-10-25(20-28(3,4)19-8-6-2)23-13-11-22(12-14-23)21-31-27(30)24-15-17-26(29)18-16-24/h11-18,25H,5-10,19-21,29H2,1-4H3. The first-order valence-corrected chi connectivity index (χ1v) is 12.0. The lowest BCUT2D eigenvalue weighted by molar-refractivity contribution is 0.0472. The van der Waals surface area contributed by atoms with Crippen molar-refractivity contribution in [2.45, 2.75) is 91.6 Å². The van der Waals surface area contributed by atoms with Crippen molar-refractivity contribution in [3.05, 3.63) is 65.2 Å². The molecule has 0 aliphatic rings. The summed E-state index contributed by atoms with van der Waals surface area (Å²) in [4.78, 5) is 12.2. The van der Waals surface area contributed by atoms with Crippen LogP contribution in [0.3, 0.4) is 0 Å². The van der Waals surface area contributed by atoms with Crippen molar-refractivity contribution in [1.29, 1.82) is 0 Å². The van der Waals surface area contributed by atoms with Gasteiger partial charge < -0.3 is 10.5 Å². The molecule has 2 aromatic rings. The molecular weight excluding hydrogens is 382 g/mol. The van der Waals surface area contributed by atoms with Crippen LogP contribution in [0, 0.1) is 5.41 Å². The Labute approximate surface area is 189 Å². The molecule has 31 heavy (non-hydrogen) atoms. The van der Waals surface area contributed by atoms with Crippen molar-refractivity contribution in [3.8, 4) is 0 Å². The van der Waals surface area contributed by atoms with E-state index in [0.29, 0.717) is 22.6 Å². The van der Waals surface area contributed by atoms with Gasteiger partial charge in [-0.25, -0.2) is 4.79 Å². The normalized spacial score (nSPS) is 12.5. The SMILES string of the molecule is CCCCCC(CC(C)(C)CCCC)c1ccc(COC(=O)c2ccc(N)cc2)cc1. The summed E-state index contributed by atoms with van der Waals surface area (Å²) < 4.78 is 5.48. The first-order valence-electron chi connectivity index (χ1n) is 12.0. The Bertz CT molecular complexity index is 778. The van der Waals surface area contributed by atoms with Crippen LogP contribution >= 0.6 is 0 Å². The zero-order valence-corrected chi connectivity index (χ0v) is 20.0. The highest BCUT2D eigenvalue weighted by molar-refractivity contribution is 5.89. The van der Waals surface area contributed by atoms with Crippen LogP contribution in [-0.2, 0) is 11.3 Å². The second kappa shape index (κ2) is 12.5. The summed E-state index contributed by atoms with van der Waals surface area (Å²) in [6.07, 6.45) is 10.1. The lowest BCUT2D eigenvalue weighted by Gasteiger charge is -2.30. The van der Waals surface area contributed by atoms with Gasteiger partial charge >= 0.3 is 5.97 Å². The molecule has 2 N–H and O–H groups in total. The van der Waals surface area contributed by atoms with E-state index in [1.54, 1.807) is 24.3 Å². The van der Waals surface area contributed by atoms with E-state index < -0.39 is 0 Å². The molecule has 0 heterocycles. The molecule has 3 heteroatoms. The fourth-order valence-corrected chi connectivity index (χ4v) is 4.19. The van der Waals surface area contributed by atoms with Crippen molar-refractivity contribution >= 4 is 11.7 Å². The Morgan fingerprint density at radius 2 is 1.58 bits per heavy atom. The zero-order valence-electron chi connectivity index (χ0n) is 20.0. The van der Waals surface area contributed by atoms with Gasteiger partial charge in [-0.15, -0.1) is 0 Å². The maximum absolute atomic E-state index is 12.2. The first-order chi connectivity index (χ1) is 14.8. The highest BCUT2D eigenvalue weighted by Gasteiger charge is 2.24. The van der Waals surface area contributed by atoms with Crippen molar-refractivity contribution < 1.29 is 9.53 Å². The number of carbonyl (C=O) groups is 1. The molecule has 0 aromatic heterocycles. The molecule has 0 spiro atoms. The van der Waals surface area contributed by atoms with E-state index in [2.05, 4.69) is 52.0 Å². The monoisotopic (exact) mass is 423 g/mol. The summed E-state index contributed by atoms with van der Waals surface area (Å²) in [6, 6.07) is 15.5. The molecule has 170 valence electrons. The van der Waals surface area contributed by atoms with E-state index >= 15 is 0 Å². The molecule has 0 aliphatic heterocycles. The second-order valence-corrected chi connectivity index (χ2v) is 9.60. The Kier molecular flexibility index (Phi) is 10.1. The number of rotatable bonds is 13. The summed E-state index contributed by atoms with van der Waals surface area (Å²) in [5.41, 5.74) is 9.63. The number of carbonyl (C=O) groups excluding carboxylic acids is 1. The van der Waals surface area contributed by atoms with Gasteiger partial charge in [-0.1, -0.05) is 84.1 Å². The maximum atomic E-state index is 12.2. The molecule has 1 atom stereocenters. The quantitative estimate of drug-likeness (QED) is 0.202. The Morgan fingerprint density at radius 1 is 0.935 bits per heavy atom. The zero-order chi connectivity index (χ0) is 22.7. The Balaban J connectivity index is 2.00. The topological polar surface area (TPSA) is 52.3 Å². The fraction of sp³-hybridized carbons (Fsp3) is 0.536. The highest BCUT2D eigenvalue weighted by atomic mass is 16.5. The van der Waals surface area contributed by atoms with E-state index in [1.165, 1.54) is 56.9 Å². The van der Waals surface area contributed by atoms with Gasteiger partial charge in [0.25, 0.3) is 0 Å². The van der Waals surface area contributed by atoms with E-state index in [4.69, 9.17) is 10.5 Å². The first kappa shape index (κ1) is 25.0. The van der Waals surface area contributed by atoms with E-state index in [0.717, 1.165) is 5.56 Å². The average Bonchev–Trinajstić information content (AvgIpc) is 2.76. The van der Waals surface area contributed by atoms with Crippen molar-refractivity contribution in [1.82, 2.24) is 0 Å². The highest BCUT2D eigenvalue weighted by Crippen LogP contribution is 2.38. The molecule has 0 saturated carbocycles. The molecule has 1 unspecified atom stereocenters. The number of nitrogens with two attached hydrogens (primary N) is 1. The molecule has 2 aromatic carbocycles. The van der Waals surface area contributed by atoms with Gasteiger partial charge in [0.05, 0.1) is 5.56 Å². The molecule has 0 radical (unpaired) electrons. The molecule has 0 amide bonds. The van der Waals surface area contributed by atoms with Crippen molar-refractivity contribution in [3.63, 3.8) is 0 Å². The molecule has 0 aliphatic carbocycles. The molecule has 3 nitrogen and oxygen atoms in total. The maximum Gasteiger partial charge on any atom is 0.338 e. The molecular formula is C28H41NO2. The third-order valence-electron chi connectivity index (χ3n) is 6.13. The largest absolute Gasteiger partial charge is 0.457 e. The summed E-state index contributed by atoms with van der Waals surface area (Å²) in [7, 11) is 0. The lowest BCUT2D eigenvalue weighted by Crippen LogP contribution is -2.16. The summed E-state index contributed by atoms with van der Waals surface area (Å²) in [5.74, 6) is 0.268. The number of esters is 1.